The van der Waals surface area contributed by atoms with Crippen molar-refractivity contribution in [2.75, 3.05) is 29.1 Å². The highest BCUT2D eigenvalue weighted by atomic mass is 35.5. The Morgan fingerprint density at radius 3 is 2.34 bits per heavy atom. The number of benzene rings is 2. The van der Waals surface area contributed by atoms with Gasteiger partial charge < -0.3 is 10.2 Å². The van der Waals surface area contributed by atoms with Gasteiger partial charge in [-0.25, -0.2) is 4.79 Å². The summed E-state index contributed by atoms with van der Waals surface area (Å²) in [5.74, 6) is 0.531. The van der Waals surface area contributed by atoms with Gasteiger partial charge in [0.2, 0.25) is 5.91 Å². The Bertz CT molecular complexity index is 946. The summed E-state index contributed by atoms with van der Waals surface area (Å²) in [5, 5.41) is 4.32. The smallest absolute Gasteiger partial charge is 0.321 e. The standard InChI is InChI=1S/C20H18Cl3N3O2S/c21-13-1-4-15(5-2-13)26-18(27)12-29-20(26)7-9-25(10-8-20)19(28)24-14-3-6-16(22)17(23)11-14/h1-6,11H,7-10,12H2,(H,24,28). The molecule has 0 aromatic heterocycles. The highest BCUT2D eigenvalue weighted by Crippen LogP contribution is 2.47. The first kappa shape index (κ1) is 20.7. The van der Waals surface area contributed by atoms with Gasteiger partial charge in [0.15, 0.2) is 0 Å². The number of urea groups is 1. The Morgan fingerprint density at radius 2 is 1.69 bits per heavy atom. The molecule has 0 saturated carbocycles. The lowest BCUT2D eigenvalue weighted by molar-refractivity contribution is -0.116. The van der Waals surface area contributed by atoms with Gasteiger partial charge in [-0.2, -0.15) is 0 Å². The number of carbonyl (C=O) groups excluding carboxylic acids is 2. The van der Waals surface area contributed by atoms with E-state index in [-0.39, 0.29) is 16.8 Å². The van der Waals surface area contributed by atoms with Crippen molar-refractivity contribution in [3.05, 3.63) is 57.5 Å². The first-order valence-electron chi connectivity index (χ1n) is 9.11. The number of nitrogens with zero attached hydrogens (tertiary/aromatic N) is 2. The zero-order valence-electron chi connectivity index (χ0n) is 15.3. The summed E-state index contributed by atoms with van der Waals surface area (Å²) in [5.41, 5.74) is 1.44. The normalized spacial score (nSPS) is 18.4. The van der Waals surface area contributed by atoms with E-state index in [2.05, 4.69) is 5.32 Å². The van der Waals surface area contributed by atoms with Crippen LogP contribution in [0.3, 0.4) is 0 Å². The minimum atomic E-state index is -0.328. The maximum Gasteiger partial charge on any atom is 0.321 e. The van der Waals surface area contributed by atoms with Crippen molar-refractivity contribution in [1.82, 2.24) is 4.90 Å². The minimum absolute atomic E-state index is 0.0889. The summed E-state index contributed by atoms with van der Waals surface area (Å²) in [7, 11) is 0. The molecule has 1 spiro atoms. The number of rotatable bonds is 2. The van der Waals surface area contributed by atoms with Gasteiger partial charge in [0.1, 0.15) is 0 Å². The number of anilines is 2. The number of hydrogen-bond acceptors (Lipinski definition) is 3. The van der Waals surface area contributed by atoms with E-state index in [1.165, 1.54) is 0 Å². The number of halogens is 3. The van der Waals surface area contributed by atoms with Crippen molar-refractivity contribution in [1.29, 1.82) is 0 Å². The van der Waals surface area contributed by atoms with Gasteiger partial charge in [0.25, 0.3) is 0 Å². The second-order valence-electron chi connectivity index (χ2n) is 6.99. The fourth-order valence-corrected chi connectivity index (χ4v) is 5.48. The van der Waals surface area contributed by atoms with Crippen molar-refractivity contribution < 1.29 is 9.59 Å². The highest BCUT2D eigenvalue weighted by Gasteiger charge is 2.49. The molecule has 1 N–H and O–H groups in total. The topological polar surface area (TPSA) is 52.7 Å². The van der Waals surface area contributed by atoms with Crippen LogP contribution in [0, 0.1) is 0 Å². The predicted octanol–water partition coefficient (Wildman–Crippen LogP) is 5.75. The first-order valence-corrected chi connectivity index (χ1v) is 11.2. The van der Waals surface area contributed by atoms with E-state index in [9.17, 15) is 9.59 Å². The van der Waals surface area contributed by atoms with Crippen LogP contribution in [-0.4, -0.2) is 40.6 Å². The Kier molecular flexibility index (Phi) is 5.89. The minimum Gasteiger partial charge on any atom is -0.324 e. The predicted molar refractivity (Wildman–Crippen MR) is 120 cm³/mol. The number of amides is 3. The lowest BCUT2D eigenvalue weighted by Gasteiger charge is -2.43. The third-order valence-corrected chi connectivity index (χ3v) is 7.72. The van der Waals surface area contributed by atoms with Crippen molar-refractivity contribution in [2.45, 2.75) is 17.7 Å². The Labute approximate surface area is 188 Å². The average molecular weight is 471 g/mol. The van der Waals surface area contributed by atoms with E-state index >= 15 is 0 Å². The van der Waals surface area contributed by atoms with Crippen LogP contribution in [0.5, 0.6) is 0 Å². The van der Waals surface area contributed by atoms with Crippen molar-refractivity contribution >= 4 is 69.9 Å². The van der Waals surface area contributed by atoms with E-state index < -0.39 is 0 Å². The fraction of sp³-hybridized carbons (Fsp3) is 0.300. The number of piperidine rings is 1. The van der Waals surface area contributed by atoms with Crippen molar-refractivity contribution in [2.24, 2.45) is 0 Å². The molecule has 0 unspecified atom stereocenters. The summed E-state index contributed by atoms with van der Waals surface area (Å²) >= 11 is 19.6. The summed E-state index contributed by atoms with van der Waals surface area (Å²) in [6, 6.07) is 12.1. The molecule has 2 aliphatic heterocycles. The third-order valence-electron chi connectivity index (χ3n) is 5.21. The Morgan fingerprint density at radius 1 is 1.00 bits per heavy atom. The van der Waals surface area contributed by atoms with E-state index in [1.807, 2.05) is 17.0 Å². The number of carbonyl (C=O) groups is 2. The maximum absolute atomic E-state index is 12.7. The van der Waals surface area contributed by atoms with Crippen LogP contribution >= 0.6 is 46.6 Å². The molecule has 3 amide bonds. The molecule has 4 rings (SSSR count). The van der Waals surface area contributed by atoms with Gasteiger partial charge >= 0.3 is 6.03 Å². The molecule has 29 heavy (non-hydrogen) atoms. The molecular formula is C20H18Cl3N3O2S. The molecule has 2 aliphatic rings. The summed E-state index contributed by atoms with van der Waals surface area (Å²) in [4.78, 5) is 28.6. The second-order valence-corrected chi connectivity index (χ2v) is 9.57. The number of nitrogens with one attached hydrogen (secondary N) is 1. The molecule has 0 aliphatic carbocycles. The van der Waals surface area contributed by atoms with Crippen LogP contribution in [0.15, 0.2) is 42.5 Å². The number of thioether (sulfide) groups is 1. The van der Waals surface area contributed by atoms with Crippen LogP contribution in [0.1, 0.15) is 12.8 Å². The second kappa shape index (κ2) is 8.26. The van der Waals surface area contributed by atoms with Gasteiger partial charge in [0, 0.05) is 29.5 Å². The number of likely N-dealkylation sites (tertiary alicyclic amines) is 1. The molecule has 2 aromatic rings. The fourth-order valence-electron chi connectivity index (χ4n) is 3.73. The number of hydrogen-bond donors (Lipinski definition) is 1. The Balaban J connectivity index is 1.44. The third kappa shape index (κ3) is 4.17. The zero-order valence-corrected chi connectivity index (χ0v) is 18.4. The van der Waals surface area contributed by atoms with E-state index in [0.29, 0.717) is 52.4 Å². The zero-order chi connectivity index (χ0) is 20.6. The lowest BCUT2D eigenvalue weighted by Crippen LogP contribution is -2.53. The van der Waals surface area contributed by atoms with Crippen molar-refractivity contribution in [3.8, 4) is 0 Å². The molecule has 2 saturated heterocycles. The molecule has 2 heterocycles. The molecule has 152 valence electrons. The van der Waals surface area contributed by atoms with Crippen molar-refractivity contribution in [3.63, 3.8) is 0 Å². The van der Waals surface area contributed by atoms with Crippen LogP contribution in [0.25, 0.3) is 0 Å². The first-order chi connectivity index (χ1) is 13.9. The van der Waals surface area contributed by atoms with Gasteiger partial charge in [-0.1, -0.05) is 34.8 Å². The Hall–Kier alpha value is -1.60. The summed E-state index contributed by atoms with van der Waals surface area (Å²) in [6.07, 6.45) is 1.39. The summed E-state index contributed by atoms with van der Waals surface area (Å²) in [6.45, 7) is 1.11. The molecule has 0 bridgehead atoms. The monoisotopic (exact) mass is 469 g/mol. The van der Waals surface area contributed by atoms with Gasteiger partial charge in [-0.15, -0.1) is 11.8 Å². The molecule has 0 atom stereocenters. The molecule has 0 radical (unpaired) electrons. The highest BCUT2D eigenvalue weighted by molar-refractivity contribution is 8.02. The van der Waals surface area contributed by atoms with Crippen LogP contribution < -0.4 is 10.2 Å². The largest absolute Gasteiger partial charge is 0.324 e. The summed E-state index contributed by atoms with van der Waals surface area (Å²) < 4.78 is 0. The molecule has 2 fully saturated rings. The molecule has 5 nitrogen and oxygen atoms in total. The maximum atomic E-state index is 12.7. The van der Waals surface area contributed by atoms with E-state index in [0.717, 1.165) is 5.69 Å². The average Bonchev–Trinajstić information content (AvgIpc) is 3.02. The van der Waals surface area contributed by atoms with Crippen LogP contribution in [0.4, 0.5) is 16.2 Å². The van der Waals surface area contributed by atoms with Crippen LogP contribution in [0.2, 0.25) is 15.1 Å². The molecule has 2 aromatic carbocycles. The lowest BCUT2D eigenvalue weighted by atomic mass is 10.0. The molecular weight excluding hydrogens is 453 g/mol. The quantitative estimate of drug-likeness (QED) is 0.608. The van der Waals surface area contributed by atoms with E-state index in [4.69, 9.17) is 34.8 Å². The van der Waals surface area contributed by atoms with Gasteiger partial charge in [0.05, 0.1) is 20.7 Å². The molecule has 9 heteroatoms. The SMILES string of the molecule is O=C(Nc1ccc(Cl)c(Cl)c1)N1CCC2(CC1)SCC(=O)N2c1ccc(Cl)cc1. The van der Waals surface area contributed by atoms with Crippen LogP contribution in [-0.2, 0) is 4.79 Å². The van der Waals surface area contributed by atoms with E-state index in [1.54, 1.807) is 47.0 Å². The van der Waals surface area contributed by atoms with Gasteiger partial charge in [-0.05, 0) is 55.3 Å². The van der Waals surface area contributed by atoms with Gasteiger partial charge in [-0.3, -0.25) is 9.69 Å².